The number of piperazine rings is 1. The molecule has 0 saturated carbocycles. The van der Waals surface area contributed by atoms with Gasteiger partial charge in [-0.3, -0.25) is 4.99 Å². The summed E-state index contributed by atoms with van der Waals surface area (Å²) in [6, 6.07) is 5.62. The summed E-state index contributed by atoms with van der Waals surface area (Å²) in [4.78, 5) is 20.5. The van der Waals surface area contributed by atoms with Crippen LogP contribution in [0.3, 0.4) is 0 Å². The number of alkyl halides is 3. The van der Waals surface area contributed by atoms with Gasteiger partial charge in [-0.25, -0.2) is 4.79 Å². The van der Waals surface area contributed by atoms with Gasteiger partial charge < -0.3 is 19.3 Å². The fraction of sp³-hybridized carbons (Fsp3) is 0.545. The number of nitrogens with zero attached hydrogens (tertiary/aromatic N) is 3. The standard InChI is InChI=1S/C22H27ClF3N3O3/c1-21(2,3)32-20(30)29-12-10-28(11-13-29)18-14-27-17(19(18)23)9-6-15-4-7-16(8-5-15)31-22(24,25)26/h4-5,7-8,14,17H,6,9-13H2,1-3H3. The molecule has 1 fully saturated rings. The van der Waals surface area contributed by atoms with Gasteiger partial charge in [-0.2, -0.15) is 0 Å². The summed E-state index contributed by atoms with van der Waals surface area (Å²) in [5, 5.41) is 0.646. The molecule has 2 aliphatic rings. The SMILES string of the molecule is CC(C)(C)OC(=O)N1CCN(C2=C(Cl)C(CCc3ccc(OC(F)(F)F)cc3)N=C2)CC1. The van der Waals surface area contributed by atoms with Crippen LogP contribution in [0.2, 0.25) is 0 Å². The number of halogens is 4. The van der Waals surface area contributed by atoms with Crippen molar-refractivity contribution in [3.63, 3.8) is 0 Å². The molecule has 1 amide bonds. The molecule has 1 aromatic rings. The number of carbonyl (C=O) groups excluding carboxylic acids is 1. The summed E-state index contributed by atoms with van der Waals surface area (Å²) < 4.78 is 46.1. The Bertz CT molecular complexity index is 871. The Labute approximate surface area is 190 Å². The Morgan fingerprint density at radius 3 is 2.31 bits per heavy atom. The number of hydrogen-bond acceptors (Lipinski definition) is 5. The third kappa shape index (κ3) is 6.79. The Balaban J connectivity index is 1.50. The van der Waals surface area contributed by atoms with E-state index >= 15 is 0 Å². The van der Waals surface area contributed by atoms with Gasteiger partial charge in [-0.15, -0.1) is 13.2 Å². The van der Waals surface area contributed by atoms with Crippen LogP contribution >= 0.6 is 11.6 Å². The minimum absolute atomic E-state index is 0.193. The van der Waals surface area contributed by atoms with Crippen molar-refractivity contribution in [1.82, 2.24) is 9.80 Å². The lowest BCUT2D eigenvalue weighted by molar-refractivity contribution is -0.274. The van der Waals surface area contributed by atoms with Crippen LogP contribution < -0.4 is 4.74 Å². The first-order valence-corrected chi connectivity index (χ1v) is 10.8. The zero-order chi connectivity index (χ0) is 23.5. The highest BCUT2D eigenvalue weighted by molar-refractivity contribution is 6.32. The van der Waals surface area contributed by atoms with Gasteiger partial charge >= 0.3 is 12.5 Å². The van der Waals surface area contributed by atoms with E-state index in [1.54, 1.807) is 23.2 Å². The summed E-state index contributed by atoms with van der Waals surface area (Å²) in [5.74, 6) is -0.245. The van der Waals surface area contributed by atoms with Crippen LogP contribution in [0.5, 0.6) is 5.75 Å². The van der Waals surface area contributed by atoms with Gasteiger partial charge in [0.15, 0.2) is 0 Å². The molecule has 2 heterocycles. The van der Waals surface area contributed by atoms with E-state index in [1.807, 2.05) is 20.8 Å². The molecule has 0 aromatic heterocycles. The summed E-state index contributed by atoms with van der Waals surface area (Å²) in [5.41, 5.74) is 1.20. The van der Waals surface area contributed by atoms with Gasteiger partial charge in [0.2, 0.25) is 0 Å². The number of benzene rings is 1. The number of amides is 1. The first kappa shape index (κ1) is 24.2. The molecule has 1 saturated heterocycles. The first-order valence-electron chi connectivity index (χ1n) is 10.4. The van der Waals surface area contributed by atoms with Gasteiger partial charge in [0.25, 0.3) is 0 Å². The van der Waals surface area contributed by atoms with E-state index < -0.39 is 12.0 Å². The van der Waals surface area contributed by atoms with Crippen molar-refractivity contribution in [3.8, 4) is 5.75 Å². The van der Waals surface area contributed by atoms with Crippen molar-refractivity contribution in [3.05, 3.63) is 40.6 Å². The van der Waals surface area contributed by atoms with Crippen LogP contribution in [0, 0.1) is 0 Å². The molecule has 1 aromatic carbocycles. The van der Waals surface area contributed by atoms with E-state index in [1.165, 1.54) is 12.1 Å². The maximum atomic E-state index is 12.3. The molecule has 6 nitrogen and oxygen atoms in total. The normalized spacial score (nSPS) is 19.5. The van der Waals surface area contributed by atoms with Crippen molar-refractivity contribution >= 4 is 23.9 Å². The third-order valence-corrected chi connectivity index (χ3v) is 5.49. The predicted molar refractivity (Wildman–Crippen MR) is 116 cm³/mol. The van der Waals surface area contributed by atoms with Gasteiger partial charge in [-0.1, -0.05) is 23.7 Å². The molecule has 0 bridgehead atoms. The van der Waals surface area contributed by atoms with Crippen molar-refractivity contribution in [2.45, 2.75) is 51.6 Å². The number of aryl methyl sites for hydroxylation is 1. The maximum Gasteiger partial charge on any atom is 0.573 e. The second-order valence-corrected chi connectivity index (χ2v) is 9.12. The smallest absolute Gasteiger partial charge is 0.444 e. The second kappa shape index (κ2) is 9.60. The summed E-state index contributed by atoms with van der Waals surface area (Å²) in [7, 11) is 0. The second-order valence-electron chi connectivity index (χ2n) is 8.71. The Morgan fingerprint density at radius 1 is 1.12 bits per heavy atom. The largest absolute Gasteiger partial charge is 0.573 e. The number of ether oxygens (including phenoxy) is 2. The predicted octanol–water partition coefficient (Wildman–Crippen LogP) is 4.97. The van der Waals surface area contributed by atoms with Crippen molar-refractivity contribution in [2.75, 3.05) is 26.2 Å². The molecule has 10 heteroatoms. The van der Waals surface area contributed by atoms with E-state index in [-0.39, 0.29) is 17.9 Å². The van der Waals surface area contributed by atoms with E-state index in [2.05, 4.69) is 14.6 Å². The Morgan fingerprint density at radius 2 is 1.75 bits per heavy atom. The molecule has 32 heavy (non-hydrogen) atoms. The fourth-order valence-electron chi connectivity index (χ4n) is 3.51. The van der Waals surface area contributed by atoms with Crippen LogP contribution in [0.25, 0.3) is 0 Å². The highest BCUT2D eigenvalue weighted by Gasteiger charge is 2.31. The van der Waals surface area contributed by atoms with Crippen LogP contribution in [-0.2, 0) is 11.2 Å². The molecule has 0 aliphatic carbocycles. The van der Waals surface area contributed by atoms with E-state index in [9.17, 15) is 18.0 Å². The highest BCUT2D eigenvalue weighted by atomic mass is 35.5. The Kier molecular flexibility index (Phi) is 7.27. The number of allylic oxidation sites excluding steroid dienone is 1. The topological polar surface area (TPSA) is 54.4 Å². The van der Waals surface area contributed by atoms with E-state index in [4.69, 9.17) is 16.3 Å². The summed E-state index contributed by atoms with van der Waals surface area (Å²) in [6.45, 7) is 7.85. The van der Waals surface area contributed by atoms with Gasteiger partial charge in [0, 0.05) is 32.4 Å². The lowest BCUT2D eigenvalue weighted by Crippen LogP contribution is -2.49. The number of carbonyl (C=O) groups is 1. The van der Waals surface area contributed by atoms with Gasteiger partial charge in [-0.05, 0) is 51.3 Å². The molecule has 2 aliphatic heterocycles. The summed E-state index contributed by atoms with van der Waals surface area (Å²) >= 11 is 6.59. The van der Waals surface area contributed by atoms with E-state index in [0.717, 1.165) is 11.3 Å². The molecule has 1 atom stereocenters. The quantitative estimate of drug-likeness (QED) is 0.605. The van der Waals surface area contributed by atoms with Crippen LogP contribution in [0.15, 0.2) is 40.0 Å². The highest BCUT2D eigenvalue weighted by Crippen LogP contribution is 2.29. The van der Waals surface area contributed by atoms with Crippen LogP contribution in [0.1, 0.15) is 32.8 Å². The molecule has 0 radical (unpaired) electrons. The minimum Gasteiger partial charge on any atom is -0.444 e. The lowest BCUT2D eigenvalue weighted by Gasteiger charge is -2.36. The van der Waals surface area contributed by atoms with Gasteiger partial charge in [0.05, 0.1) is 16.8 Å². The number of aliphatic imine (C=N–C) groups is 1. The zero-order valence-electron chi connectivity index (χ0n) is 18.3. The molecule has 3 rings (SSSR count). The molecular weight excluding hydrogens is 447 g/mol. The van der Waals surface area contributed by atoms with Crippen molar-refractivity contribution < 1.29 is 27.4 Å². The Hall–Kier alpha value is -2.42. The number of hydrogen-bond donors (Lipinski definition) is 0. The van der Waals surface area contributed by atoms with Crippen LogP contribution in [-0.4, -0.2) is 66.3 Å². The van der Waals surface area contributed by atoms with Crippen molar-refractivity contribution in [1.29, 1.82) is 0 Å². The third-order valence-electron chi connectivity index (χ3n) is 5.05. The average Bonchev–Trinajstić information content (AvgIpc) is 3.05. The fourth-order valence-corrected chi connectivity index (χ4v) is 3.84. The van der Waals surface area contributed by atoms with Crippen molar-refractivity contribution in [2.24, 2.45) is 4.99 Å². The van der Waals surface area contributed by atoms with Crippen LogP contribution in [0.4, 0.5) is 18.0 Å². The minimum atomic E-state index is -4.70. The van der Waals surface area contributed by atoms with E-state index in [0.29, 0.717) is 44.1 Å². The monoisotopic (exact) mass is 473 g/mol. The zero-order valence-corrected chi connectivity index (χ0v) is 19.0. The molecular formula is C22H27ClF3N3O3. The number of rotatable bonds is 5. The molecule has 0 spiro atoms. The lowest BCUT2D eigenvalue weighted by atomic mass is 10.1. The molecule has 1 unspecified atom stereocenters. The maximum absolute atomic E-state index is 12.3. The van der Waals surface area contributed by atoms with Gasteiger partial charge in [0.1, 0.15) is 11.4 Å². The average molecular weight is 474 g/mol. The first-order chi connectivity index (χ1) is 14.9. The molecule has 0 N–H and O–H groups in total. The molecule has 176 valence electrons. The summed E-state index contributed by atoms with van der Waals surface area (Å²) in [6.07, 6.45) is -2.01.